The van der Waals surface area contributed by atoms with Crippen LogP contribution in [0.25, 0.3) is 181 Å². The number of fused-ring (bicyclic) bond motifs is 34. The third-order valence-electron chi connectivity index (χ3n) is 29.1. The Balaban J connectivity index is 0.623. The monoisotopic (exact) mass is 1630 g/mol. The molecule has 29 rings (SSSR count). The van der Waals surface area contributed by atoms with Crippen molar-refractivity contribution in [3.8, 4) is 62.2 Å². The average Bonchev–Trinajstić information content (AvgIpc) is 1.64. The molecule has 0 amide bonds. The Morgan fingerprint density at radius 3 is 1.43 bits per heavy atom. The van der Waals surface area contributed by atoms with Crippen LogP contribution in [0, 0.1) is 6.92 Å². The van der Waals surface area contributed by atoms with Gasteiger partial charge in [-0.05, 0) is 241 Å². The van der Waals surface area contributed by atoms with Crippen LogP contribution in [-0.4, -0.2) is 22.8 Å². The maximum absolute atomic E-state index is 7.31. The minimum absolute atomic E-state index is 0.692. The Labute approximate surface area is 734 Å². The Kier molecular flexibility index (Phi) is 14.0. The molecule has 20 aromatic carbocycles. The van der Waals surface area contributed by atoms with Crippen LogP contribution in [0.2, 0.25) is 0 Å². The van der Waals surface area contributed by atoms with Crippen LogP contribution in [0.4, 0.5) is 0 Å². The van der Waals surface area contributed by atoms with Gasteiger partial charge in [0, 0.05) is 91.8 Å². The highest BCUT2D eigenvalue weighted by Gasteiger charge is 2.53. The number of hydrogen-bond acceptors (Lipinski definition) is 2. The van der Waals surface area contributed by atoms with E-state index in [1.807, 2.05) is 11.8 Å². The van der Waals surface area contributed by atoms with Gasteiger partial charge >= 0.3 is 0 Å². The molecule has 6 nitrogen and oxygen atoms in total. The highest BCUT2D eigenvalue weighted by Crippen LogP contribution is 2.65. The van der Waals surface area contributed by atoms with E-state index in [9.17, 15) is 0 Å². The van der Waals surface area contributed by atoms with Gasteiger partial charge in [-0.15, -0.1) is 0 Å². The topological polar surface area (TPSA) is 33.9 Å². The van der Waals surface area contributed by atoms with Gasteiger partial charge in [0.25, 0.3) is 0 Å². The molecule has 9 heterocycles. The third-order valence-corrected chi connectivity index (χ3v) is 30.3. The first-order valence-corrected chi connectivity index (χ1v) is 44.9. The second-order valence-electron chi connectivity index (χ2n) is 35.3. The molecule has 0 saturated heterocycles. The summed E-state index contributed by atoms with van der Waals surface area (Å²) in [6.07, 6.45) is 0.750. The average molecular weight is 1630 g/mol. The Bertz CT molecular complexity index is 9260. The van der Waals surface area contributed by atoms with Gasteiger partial charge in [-0.1, -0.05) is 291 Å². The van der Waals surface area contributed by atoms with Crippen molar-refractivity contribution in [1.82, 2.24) is 22.8 Å². The molecular formula is C120H73N5OS. The molecule has 4 aliphatic heterocycles. The molecule has 0 aliphatic carbocycles. The van der Waals surface area contributed by atoms with Crippen molar-refractivity contribution in [2.45, 2.75) is 34.0 Å². The van der Waals surface area contributed by atoms with E-state index in [1.165, 1.54) is 185 Å². The first kappa shape index (κ1) is 69.6. The first-order valence-electron chi connectivity index (χ1n) is 44.1. The molecule has 0 bridgehead atoms. The normalized spacial score (nSPS) is 15.3. The quantitative estimate of drug-likeness (QED) is 0.159. The number of hydrogen-bond donors (Lipinski definition) is 0. The molecule has 25 aromatic rings. The molecule has 2 atom stereocenters. The zero-order chi connectivity index (χ0) is 82.8. The summed E-state index contributed by atoms with van der Waals surface area (Å²) in [5.41, 5.74) is 34.4. The molecule has 127 heavy (non-hydrogen) atoms. The summed E-state index contributed by atoms with van der Waals surface area (Å²) in [5, 5.41) is 17.2. The van der Waals surface area contributed by atoms with E-state index in [2.05, 4.69) is 442 Å². The van der Waals surface area contributed by atoms with Crippen LogP contribution in [0.15, 0.2) is 422 Å². The molecule has 0 N–H and O–H groups in total. The van der Waals surface area contributed by atoms with Crippen LogP contribution in [0.3, 0.4) is 0 Å². The van der Waals surface area contributed by atoms with E-state index in [0.717, 1.165) is 85.0 Å². The predicted octanol–water partition coefficient (Wildman–Crippen LogP) is 30.7. The molecule has 590 valence electrons. The largest absolute Gasteiger partial charge is 0.457 e. The Hall–Kier alpha value is -15.9. The number of nitrogens with zero attached hydrogens (tertiary/aromatic N) is 5. The predicted molar refractivity (Wildman–Crippen MR) is 526 cm³/mol. The summed E-state index contributed by atoms with van der Waals surface area (Å²) < 4.78 is 19.9. The maximum Gasteiger partial charge on any atom is 0.132 e. The number of benzene rings is 20. The van der Waals surface area contributed by atoms with E-state index in [0.29, 0.717) is 0 Å². The summed E-state index contributed by atoms with van der Waals surface area (Å²) in [7, 11) is 0. The lowest BCUT2D eigenvalue weighted by Crippen LogP contribution is -2.37. The standard InChI is InChI=1S/C120H73N5OS/c1-71-62-113-101(70-90(71)83-29-7-6-28-79(83)63-72-48-58-105-91(64-72)85-31-9-15-41-102(85)121(105)80-53-49-73-24-2-4-26-75(73)65-80)119(96-37-13-20-46-112(96)126-113)94-35-11-19-45-109(94)125-111-68-78(51-56-87(111)89-34-23-39-98(119)117(89)125)77-52-59-107-93(67-77)115-110(123(107)82-55-60-106-92(69-82)86-32-10-16-42-103(86)122(106)81-54-50-74-25-3-5-27-76(74)66-81)61-57-100-118(115)127-114-47-21-14-38-97(114)120(100)95-36-12-18-44-108(95)124-104-43-17-8-30-84(104)88-33-22-40-99(120)116(88)124/h2-62,64-70H,63H2,1H3. The van der Waals surface area contributed by atoms with Crippen molar-refractivity contribution in [1.29, 1.82) is 0 Å². The van der Waals surface area contributed by atoms with Crippen molar-refractivity contribution < 1.29 is 4.74 Å². The lowest BCUT2D eigenvalue weighted by Gasteiger charge is -2.45. The van der Waals surface area contributed by atoms with E-state index < -0.39 is 10.8 Å². The molecule has 0 saturated carbocycles. The molecule has 5 aromatic heterocycles. The number of ether oxygens (including phenoxy) is 1. The molecule has 4 aliphatic rings. The van der Waals surface area contributed by atoms with Crippen LogP contribution in [-0.2, 0) is 17.3 Å². The lowest BCUT2D eigenvalue weighted by atomic mass is 9.61. The number of para-hydroxylation sites is 8. The fourth-order valence-corrected chi connectivity index (χ4v) is 25.3. The van der Waals surface area contributed by atoms with Crippen molar-refractivity contribution in [3.63, 3.8) is 0 Å². The van der Waals surface area contributed by atoms with Gasteiger partial charge in [-0.2, -0.15) is 0 Å². The second-order valence-corrected chi connectivity index (χ2v) is 36.3. The SMILES string of the molecule is Cc1cc2c(cc1-c1ccccc1Cc1ccc3c(c1)c1ccccc1n3-c1ccc3ccccc3c1)C1(c3ccccc3O2)c2ccccc2-n2c3cc(-c4ccc5c(c4)c4c6c(ccc4n5-c4ccc5c(c4)c4ccccc4n5-c4ccc5ccccc5c4)C4(c5ccccc5S6)c5ccccc5-n5c6ccccc6c6cccc4c65)ccc3c3cccc1c32. The van der Waals surface area contributed by atoms with Gasteiger partial charge in [-0.3, -0.25) is 0 Å². The summed E-state index contributed by atoms with van der Waals surface area (Å²) in [4.78, 5) is 2.53. The summed E-state index contributed by atoms with van der Waals surface area (Å²) in [5.74, 6) is 1.74. The highest BCUT2D eigenvalue weighted by atomic mass is 32.2. The zero-order valence-corrected chi connectivity index (χ0v) is 69.8. The fraction of sp³-hybridized carbons (Fsp3) is 0.0333. The second kappa shape index (κ2) is 25.6. The third kappa shape index (κ3) is 9.24. The van der Waals surface area contributed by atoms with E-state index in [-0.39, 0.29) is 0 Å². The van der Waals surface area contributed by atoms with Crippen LogP contribution < -0.4 is 4.74 Å². The number of aryl methyl sites for hydroxylation is 1. The smallest absolute Gasteiger partial charge is 0.132 e. The van der Waals surface area contributed by atoms with E-state index in [1.54, 1.807) is 0 Å². The van der Waals surface area contributed by atoms with Gasteiger partial charge in [0.15, 0.2) is 0 Å². The van der Waals surface area contributed by atoms with E-state index >= 15 is 0 Å². The van der Waals surface area contributed by atoms with Gasteiger partial charge in [0.2, 0.25) is 0 Å². The highest BCUT2D eigenvalue weighted by molar-refractivity contribution is 7.99. The fourth-order valence-electron chi connectivity index (χ4n) is 23.9. The molecule has 0 radical (unpaired) electrons. The van der Waals surface area contributed by atoms with Gasteiger partial charge in [0.05, 0.1) is 77.4 Å². The number of rotatable bonds is 7. The maximum atomic E-state index is 7.31. The minimum atomic E-state index is -0.797. The van der Waals surface area contributed by atoms with Crippen molar-refractivity contribution in [3.05, 3.63) is 474 Å². The molecular weight excluding hydrogens is 1560 g/mol. The van der Waals surface area contributed by atoms with Gasteiger partial charge in [-0.25, -0.2) is 0 Å². The van der Waals surface area contributed by atoms with Crippen LogP contribution in [0.5, 0.6) is 11.5 Å². The van der Waals surface area contributed by atoms with Crippen molar-refractivity contribution in [2.75, 3.05) is 0 Å². The summed E-state index contributed by atoms with van der Waals surface area (Å²) in [6, 6.07) is 157. The summed E-state index contributed by atoms with van der Waals surface area (Å²) in [6.45, 7) is 2.27. The van der Waals surface area contributed by atoms with Crippen molar-refractivity contribution >= 4 is 142 Å². The Morgan fingerprint density at radius 2 is 0.732 bits per heavy atom. The minimum Gasteiger partial charge on any atom is -0.457 e. The van der Waals surface area contributed by atoms with Crippen LogP contribution >= 0.6 is 11.8 Å². The van der Waals surface area contributed by atoms with Gasteiger partial charge in [0.1, 0.15) is 11.5 Å². The number of aromatic nitrogens is 5. The zero-order valence-electron chi connectivity index (χ0n) is 69.0. The Morgan fingerprint density at radius 1 is 0.260 bits per heavy atom. The van der Waals surface area contributed by atoms with E-state index in [4.69, 9.17) is 4.74 Å². The van der Waals surface area contributed by atoms with Crippen LogP contribution in [0.1, 0.15) is 61.2 Å². The van der Waals surface area contributed by atoms with Crippen molar-refractivity contribution in [2.24, 2.45) is 0 Å². The molecule has 2 spiro atoms. The van der Waals surface area contributed by atoms with Gasteiger partial charge < -0.3 is 27.6 Å². The molecule has 7 heteroatoms. The summed E-state index contributed by atoms with van der Waals surface area (Å²) >= 11 is 1.94. The lowest BCUT2D eigenvalue weighted by molar-refractivity contribution is 0.433. The molecule has 2 unspecified atom stereocenters. The molecule has 0 fully saturated rings. The first-order chi connectivity index (χ1) is 62.9.